The second-order valence-corrected chi connectivity index (χ2v) is 7.09. The Morgan fingerprint density at radius 3 is 2.39 bits per heavy atom. The van der Waals surface area contributed by atoms with Gasteiger partial charge in [0.1, 0.15) is 28.8 Å². The third-order valence-corrected chi connectivity index (χ3v) is 5.65. The van der Waals surface area contributed by atoms with Gasteiger partial charge < -0.3 is 10.2 Å². The lowest BCUT2D eigenvalue weighted by molar-refractivity contribution is -0.121. The van der Waals surface area contributed by atoms with Gasteiger partial charge in [0.2, 0.25) is 0 Å². The van der Waals surface area contributed by atoms with Crippen molar-refractivity contribution in [2.75, 3.05) is 0 Å². The quantitative estimate of drug-likeness (QED) is 0.730. The van der Waals surface area contributed by atoms with Gasteiger partial charge in [-0.1, -0.05) is 43.5 Å². The second-order valence-electron chi connectivity index (χ2n) is 7.09. The van der Waals surface area contributed by atoms with Crippen LogP contribution in [0.3, 0.4) is 0 Å². The van der Waals surface area contributed by atoms with Crippen molar-refractivity contribution in [1.29, 1.82) is 0 Å². The van der Waals surface area contributed by atoms with Crippen LogP contribution < -0.4 is 0 Å². The van der Waals surface area contributed by atoms with Crippen LogP contribution in [0.2, 0.25) is 0 Å². The van der Waals surface area contributed by atoms with E-state index in [1.165, 1.54) is 18.2 Å². The number of hydrogen-bond acceptors (Lipinski definition) is 4. The van der Waals surface area contributed by atoms with E-state index in [4.69, 9.17) is 0 Å². The van der Waals surface area contributed by atoms with Gasteiger partial charge in [0.25, 0.3) is 0 Å². The van der Waals surface area contributed by atoms with Gasteiger partial charge in [0.05, 0.1) is 5.92 Å². The summed E-state index contributed by atoms with van der Waals surface area (Å²) in [6, 6.07) is 6.21. The van der Waals surface area contributed by atoms with Crippen LogP contribution >= 0.6 is 0 Å². The lowest BCUT2D eigenvalue weighted by Gasteiger charge is -2.36. The predicted octanol–water partition coefficient (Wildman–Crippen LogP) is 5.11. The zero-order valence-corrected chi connectivity index (χ0v) is 15.3. The number of phenolic OH excluding ortho intramolecular Hbond substituents is 2. The van der Waals surface area contributed by atoms with E-state index in [-0.39, 0.29) is 34.1 Å². The van der Waals surface area contributed by atoms with E-state index in [0.717, 1.165) is 0 Å². The molecule has 2 unspecified atom stereocenters. The fourth-order valence-corrected chi connectivity index (χ4v) is 4.41. The van der Waals surface area contributed by atoms with E-state index in [1.54, 1.807) is 18.2 Å². The van der Waals surface area contributed by atoms with Gasteiger partial charge in [-0.05, 0) is 24.5 Å². The minimum atomic E-state index is -0.764. The summed E-state index contributed by atoms with van der Waals surface area (Å²) in [4.78, 5) is 17.4. The first-order chi connectivity index (χ1) is 13.5. The molecule has 0 spiro atoms. The van der Waals surface area contributed by atoms with Gasteiger partial charge >= 0.3 is 0 Å². The number of hydrogen-bond donors (Lipinski definition) is 2. The third-order valence-electron chi connectivity index (χ3n) is 5.65. The maximum atomic E-state index is 14.8. The minimum Gasteiger partial charge on any atom is -0.507 e. The van der Waals surface area contributed by atoms with Gasteiger partial charge in [-0.25, -0.2) is 4.39 Å². The molecule has 4 rings (SSSR count). The summed E-state index contributed by atoms with van der Waals surface area (Å²) in [5, 5.41) is 21.9. The zero-order valence-electron chi connectivity index (χ0n) is 15.3. The molecule has 2 atom stereocenters. The number of phenols is 2. The first kappa shape index (κ1) is 18.2. The number of benzene rings is 2. The number of aromatic hydroxyl groups is 2. The Hall–Kier alpha value is -3.21. The Labute approximate surface area is 162 Å². The maximum Gasteiger partial charge on any atom is 0.149 e. The maximum absolute atomic E-state index is 14.8. The molecule has 2 N–H and O–H groups in total. The average molecular weight is 377 g/mol. The van der Waals surface area contributed by atoms with Crippen molar-refractivity contribution in [3.8, 4) is 11.5 Å². The Balaban J connectivity index is 2.12. The van der Waals surface area contributed by atoms with E-state index in [2.05, 4.69) is 18.2 Å². The molecule has 0 amide bonds. The molecular formula is C23H20FNO3. The molecule has 1 heterocycles. The number of carbonyl (C=O) groups excluding carboxylic acids is 1. The standard InChI is InChI=1S/C23H20FNO3/c1-3-12-13(4-2)23(28)21-20(22(12)27)18(14-8-5-6-9-15(14)24)19-16(25-21)10-7-11-17(19)26/h3-6,8-9,18-19,27-28H,1-2,7,10-11H2. The fourth-order valence-electron chi connectivity index (χ4n) is 4.41. The SMILES string of the molecule is C=Cc1c(O)c2c(c(O)c1C=C)C(c1ccccc1F)C1C(=O)CCCC1=N2. The van der Waals surface area contributed by atoms with Gasteiger partial charge in [-0.2, -0.15) is 0 Å². The summed E-state index contributed by atoms with van der Waals surface area (Å²) in [6.07, 6.45) is 4.47. The van der Waals surface area contributed by atoms with Crippen LogP contribution in [0.15, 0.2) is 42.4 Å². The lowest BCUT2D eigenvalue weighted by Crippen LogP contribution is -2.36. The smallest absolute Gasteiger partial charge is 0.149 e. The monoisotopic (exact) mass is 377 g/mol. The van der Waals surface area contributed by atoms with Crippen LogP contribution in [0.5, 0.6) is 11.5 Å². The Kier molecular flexibility index (Phi) is 4.38. The summed E-state index contributed by atoms with van der Waals surface area (Å²) in [6.45, 7) is 7.40. The number of halogens is 1. The Bertz CT molecular complexity index is 1050. The number of rotatable bonds is 3. The van der Waals surface area contributed by atoms with Crippen LogP contribution in [0, 0.1) is 11.7 Å². The summed E-state index contributed by atoms with van der Waals surface area (Å²) in [5.41, 5.74) is 1.94. The normalized spacial score (nSPS) is 20.8. The van der Waals surface area contributed by atoms with Gasteiger partial charge in [0.15, 0.2) is 0 Å². The van der Waals surface area contributed by atoms with Crippen LogP contribution in [0.1, 0.15) is 47.4 Å². The molecule has 5 heteroatoms. The molecule has 0 bridgehead atoms. The summed E-state index contributed by atoms with van der Waals surface area (Å²) < 4.78 is 14.8. The van der Waals surface area contributed by atoms with Crippen molar-refractivity contribution < 1.29 is 19.4 Å². The van der Waals surface area contributed by atoms with Crippen molar-refractivity contribution in [1.82, 2.24) is 0 Å². The molecule has 2 aromatic rings. The molecule has 28 heavy (non-hydrogen) atoms. The molecule has 1 aliphatic carbocycles. The molecule has 0 saturated heterocycles. The van der Waals surface area contributed by atoms with Crippen LogP contribution in [0.25, 0.3) is 12.2 Å². The topological polar surface area (TPSA) is 69.9 Å². The molecule has 0 radical (unpaired) electrons. The molecule has 142 valence electrons. The number of carbonyl (C=O) groups is 1. The number of Topliss-reactive ketones (excluding diaryl/α,β-unsaturated/α-hetero) is 1. The highest BCUT2D eigenvalue weighted by molar-refractivity contribution is 6.11. The lowest BCUT2D eigenvalue weighted by atomic mass is 9.68. The van der Waals surface area contributed by atoms with E-state index in [0.29, 0.717) is 36.1 Å². The van der Waals surface area contributed by atoms with Crippen LogP contribution in [-0.2, 0) is 4.79 Å². The van der Waals surface area contributed by atoms with Crippen molar-refractivity contribution in [3.05, 3.63) is 65.5 Å². The zero-order chi connectivity index (χ0) is 20.0. The summed E-state index contributed by atoms with van der Waals surface area (Å²) >= 11 is 0. The highest BCUT2D eigenvalue weighted by Gasteiger charge is 2.44. The fraction of sp³-hybridized carbons (Fsp3) is 0.217. The van der Waals surface area contributed by atoms with Gasteiger partial charge in [-0.15, -0.1) is 0 Å². The average Bonchev–Trinajstić information content (AvgIpc) is 2.69. The van der Waals surface area contributed by atoms with E-state index < -0.39 is 17.7 Å². The molecule has 2 aromatic carbocycles. The number of aliphatic imine (C=N–C) groups is 1. The Morgan fingerprint density at radius 1 is 1.04 bits per heavy atom. The van der Waals surface area contributed by atoms with Crippen molar-refractivity contribution in [2.24, 2.45) is 10.9 Å². The van der Waals surface area contributed by atoms with E-state index >= 15 is 0 Å². The first-order valence-electron chi connectivity index (χ1n) is 9.20. The molecular weight excluding hydrogens is 357 g/mol. The predicted molar refractivity (Wildman–Crippen MR) is 108 cm³/mol. The highest BCUT2D eigenvalue weighted by atomic mass is 19.1. The molecule has 2 aliphatic rings. The van der Waals surface area contributed by atoms with Gasteiger partial charge in [0, 0.05) is 34.7 Å². The molecule has 1 saturated carbocycles. The Morgan fingerprint density at radius 2 is 1.71 bits per heavy atom. The largest absolute Gasteiger partial charge is 0.507 e. The van der Waals surface area contributed by atoms with Crippen LogP contribution in [-0.4, -0.2) is 21.7 Å². The van der Waals surface area contributed by atoms with Crippen molar-refractivity contribution >= 4 is 29.3 Å². The van der Waals surface area contributed by atoms with Crippen LogP contribution in [0.4, 0.5) is 10.1 Å². The second kappa shape index (κ2) is 6.75. The number of nitrogens with zero attached hydrogens (tertiary/aromatic N) is 1. The summed E-state index contributed by atoms with van der Waals surface area (Å²) in [7, 11) is 0. The molecule has 1 fully saturated rings. The number of ketones is 1. The third kappa shape index (κ3) is 2.50. The summed E-state index contributed by atoms with van der Waals surface area (Å²) in [5.74, 6) is -2.23. The van der Waals surface area contributed by atoms with Gasteiger partial charge in [-0.3, -0.25) is 9.79 Å². The molecule has 1 aliphatic heterocycles. The van der Waals surface area contributed by atoms with E-state index in [9.17, 15) is 19.4 Å². The first-order valence-corrected chi connectivity index (χ1v) is 9.20. The highest BCUT2D eigenvalue weighted by Crippen LogP contribution is 2.55. The van der Waals surface area contributed by atoms with E-state index in [1.807, 2.05) is 0 Å². The molecule has 4 nitrogen and oxygen atoms in total. The molecule has 0 aromatic heterocycles. The minimum absolute atomic E-state index is 0.0317. The number of fused-ring (bicyclic) bond motifs is 2. The van der Waals surface area contributed by atoms with Crippen molar-refractivity contribution in [2.45, 2.75) is 25.2 Å². The van der Waals surface area contributed by atoms with Crippen molar-refractivity contribution in [3.63, 3.8) is 0 Å².